The number of rotatable bonds is 4. The summed E-state index contributed by atoms with van der Waals surface area (Å²) < 4.78 is 16.7. The Balaban J connectivity index is 1.61. The minimum Gasteiger partial charge on any atom is -0.481 e. The first-order valence-corrected chi connectivity index (χ1v) is 8.36. The van der Waals surface area contributed by atoms with E-state index in [2.05, 4.69) is 27.3 Å². The van der Waals surface area contributed by atoms with E-state index in [0.717, 1.165) is 30.6 Å². The zero-order valence-electron chi connectivity index (χ0n) is 14.0. The summed E-state index contributed by atoms with van der Waals surface area (Å²) in [6.45, 7) is 0.749. The van der Waals surface area contributed by atoms with Crippen LogP contribution in [0, 0.1) is 0 Å². The van der Waals surface area contributed by atoms with Gasteiger partial charge in [-0.3, -0.25) is 0 Å². The molecule has 0 bridgehead atoms. The third-order valence-electron chi connectivity index (χ3n) is 4.41. The molecule has 0 radical (unpaired) electrons. The molecule has 2 atom stereocenters. The molecule has 3 aromatic rings. The van der Waals surface area contributed by atoms with E-state index in [1.807, 2.05) is 24.3 Å². The van der Waals surface area contributed by atoms with Crippen LogP contribution < -0.4 is 4.74 Å². The Hall–Kier alpha value is -2.73. The van der Waals surface area contributed by atoms with Crippen LogP contribution >= 0.6 is 0 Å². The van der Waals surface area contributed by atoms with E-state index in [1.54, 1.807) is 19.4 Å². The number of benzene rings is 1. The van der Waals surface area contributed by atoms with Crippen molar-refractivity contribution in [2.24, 2.45) is 0 Å². The van der Waals surface area contributed by atoms with Gasteiger partial charge in [0.05, 0.1) is 19.1 Å². The van der Waals surface area contributed by atoms with E-state index in [-0.39, 0.29) is 12.0 Å². The first kappa shape index (κ1) is 15.8. The smallest absolute Gasteiger partial charge is 0.233 e. The first-order valence-electron chi connectivity index (χ1n) is 8.36. The van der Waals surface area contributed by atoms with E-state index in [9.17, 15) is 0 Å². The molecule has 6 heteroatoms. The van der Waals surface area contributed by atoms with Gasteiger partial charge in [0.25, 0.3) is 0 Å². The zero-order chi connectivity index (χ0) is 17.1. The Morgan fingerprint density at radius 2 is 2.00 bits per heavy atom. The normalized spacial score (nSPS) is 20.4. The van der Waals surface area contributed by atoms with Gasteiger partial charge in [0, 0.05) is 24.4 Å². The monoisotopic (exact) mass is 337 g/mol. The predicted molar refractivity (Wildman–Crippen MR) is 91.2 cm³/mol. The number of hydrogen-bond donors (Lipinski definition) is 0. The third kappa shape index (κ3) is 3.25. The molecule has 0 aliphatic carbocycles. The lowest BCUT2D eigenvalue weighted by molar-refractivity contribution is -0.0103. The van der Waals surface area contributed by atoms with Crippen molar-refractivity contribution in [3.05, 3.63) is 60.1 Å². The molecule has 1 aliphatic heterocycles. The highest BCUT2D eigenvalue weighted by Crippen LogP contribution is 2.40. The summed E-state index contributed by atoms with van der Waals surface area (Å²) in [5.74, 6) is 1.75. The largest absolute Gasteiger partial charge is 0.481 e. The number of ether oxygens (including phenoxy) is 2. The van der Waals surface area contributed by atoms with Gasteiger partial charge in [-0.05, 0) is 24.5 Å². The lowest BCUT2D eigenvalue weighted by Gasteiger charge is -2.29. The minimum atomic E-state index is -0.0581. The molecule has 0 N–H and O–H groups in total. The van der Waals surface area contributed by atoms with Crippen LogP contribution in [-0.2, 0) is 4.74 Å². The summed E-state index contributed by atoms with van der Waals surface area (Å²) in [6, 6.07) is 13.8. The highest BCUT2D eigenvalue weighted by molar-refractivity contribution is 5.53. The summed E-state index contributed by atoms with van der Waals surface area (Å²) in [5.41, 5.74) is 1.93. The second-order valence-corrected chi connectivity index (χ2v) is 6.00. The molecule has 1 aromatic carbocycles. The molecule has 128 valence electrons. The maximum absolute atomic E-state index is 6.02. The second kappa shape index (κ2) is 7.03. The Morgan fingerprint density at radius 1 is 1.12 bits per heavy atom. The van der Waals surface area contributed by atoms with Gasteiger partial charge in [0.15, 0.2) is 0 Å². The van der Waals surface area contributed by atoms with Crippen molar-refractivity contribution >= 4 is 0 Å². The maximum Gasteiger partial charge on any atom is 0.233 e. The van der Waals surface area contributed by atoms with Crippen LogP contribution in [0.2, 0.25) is 0 Å². The molecule has 1 saturated heterocycles. The summed E-state index contributed by atoms with van der Waals surface area (Å²) in [4.78, 5) is 8.79. The van der Waals surface area contributed by atoms with Crippen molar-refractivity contribution in [1.29, 1.82) is 0 Å². The van der Waals surface area contributed by atoms with E-state index >= 15 is 0 Å². The Kier molecular flexibility index (Phi) is 4.43. The van der Waals surface area contributed by atoms with Crippen LogP contribution in [0.1, 0.15) is 36.3 Å². The SMILES string of the molecule is COc1ccc(-c2noc([C@@H]3CCCO[C@H]3c3ccccc3)n2)cn1. The highest BCUT2D eigenvalue weighted by Gasteiger charge is 2.33. The molecule has 4 rings (SSSR count). The number of nitrogens with zero attached hydrogens (tertiary/aromatic N) is 3. The average Bonchev–Trinajstić information content (AvgIpc) is 3.19. The molecule has 0 saturated carbocycles. The molecule has 1 fully saturated rings. The molecule has 1 aliphatic rings. The van der Waals surface area contributed by atoms with Crippen molar-refractivity contribution < 1.29 is 14.0 Å². The molecule has 0 unspecified atom stereocenters. The standard InChI is InChI=1S/C19H19N3O3/c1-23-16-10-9-14(12-20-16)18-21-19(25-22-18)15-8-5-11-24-17(15)13-6-3-2-4-7-13/h2-4,6-7,9-10,12,15,17H,5,8,11H2,1H3/t15-,17+/m1/s1. The topological polar surface area (TPSA) is 70.3 Å². The summed E-state index contributed by atoms with van der Waals surface area (Å²) in [5, 5.41) is 4.12. The summed E-state index contributed by atoms with van der Waals surface area (Å²) in [6.07, 6.45) is 3.56. The van der Waals surface area contributed by atoms with Crippen LogP contribution in [0.25, 0.3) is 11.4 Å². The lowest BCUT2D eigenvalue weighted by atomic mass is 9.89. The number of aromatic nitrogens is 3. The Bertz CT molecular complexity index is 817. The van der Waals surface area contributed by atoms with E-state index in [4.69, 9.17) is 14.0 Å². The van der Waals surface area contributed by atoms with Crippen molar-refractivity contribution in [3.8, 4) is 17.3 Å². The molecule has 3 heterocycles. The van der Waals surface area contributed by atoms with Crippen LogP contribution in [0.15, 0.2) is 53.2 Å². The van der Waals surface area contributed by atoms with Crippen molar-refractivity contribution in [2.45, 2.75) is 24.9 Å². The fourth-order valence-corrected chi connectivity index (χ4v) is 3.14. The Labute approximate surface area is 145 Å². The van der Waals surface area contributed by atoms with E-state index in [1.165, 1.54) is 0 Å². The summed E-state index contributed by atoms with van der Waals surface area (Å²) in [7, 11) is 1.58. The number of hydrogen-bond acceptors (Lipinski definition) is 6. The van der Waals surface area contributed by atoms with Gasteiger partial charge in [-0.15, -0.1) is 0 Å². The number of pyridine rings is 1. The van der Waals surface area contributed by atoms with Gasteiger partial charge < -0.3 is 14.0 Å². The van der Waals surface area contributed by atoms with Gasteiger partial charge in [-0.2, -0.15) is 4.98 Å². The average molecular weight is 337 g/mol. The molecular weight excluding hydrogens is 318 g/mol. The minimum absolute atomic E-state index is 0.0581. The maximum atomic E-state index is 6.02. The van der Waals surface area contributed by atoms with Crippen molar-refractivity contribution in [3.63, 3.8) is 0 Å². The van der Waals surface area contributed by atoms with Crippen LogP contribution in [0.5, 0.6) is 5.88 Å². The van der Waals surface area contributed by atoms with E-state index in [0.29, 0.717) is 17.6 Å². The van der Waals surface area contributed by atoms with Gasteiger partial charge in [-0.25, -0.2) is 4.98 Å². The third-order valence-corrected chi connectivity index (χ3v) is 4.41. The van der Waals surface area contributed by atoms with Gasteiger partial charge in [0.2, 0.25) is 17.6 Å². The van der Waals surface area contributed by atoms with Crippen LogP contribution in [-0.4, -0.2) is 28.8 Å². The Morgan fingerprint density at radius 3 is 2.76 bits per heavy atom. The second-order valence-electron chi connectivity index (χ2n) is 6.00. The zero-order valence-corrected chi connectivity index (χ0v) is 14.0. The van der Waals surface area contributed by atoms with Gasteiger partial charge in [-0.1, -0.05) is 35.5 Å². The summed E-state index contributed by atoms with van der Waals surface area (Å²) >= 11 is 0. The lowest BCUT2D eigenvalue weighted by Crippen LogP contribution is -2.21. The van der Waals surface area contributed by atoms with Crippen LogP contribution in [0.3, 0.4) is 0 Å². The van der Waals surface area contributed by atoms with Crippen molar-refractivity contribution in [2.75, 3.05) is 13.7 Å². The fraction of sp³-hybridized carbons (Fsp3) is 0.316. The highest BCUT2D eigenvalue weighted by atomic mass is 16.5. The molecule has 0 spiro atoms. The van der Waals surface area contributed by atoms with Crippen molar-refractivity contribution in [1.82, 2.24) is 15.1 Å². The van der Waals surface area contributed by atoms with Crippen LogP contribution in [0.4, 0.5) is 0 Å². The molecule has 0 amide bonds. The predicted octanol–water partition coefficient (Wildman–Crippen LogP) is 3.78. The molecule has 2 aromatic heterocycles. The quantitative estimate of drug-likeness (QED) is 0.721. The fourth-order valence-electron chi connectivity index (χ4n) is 3.14. The van der Waals surface area contributed by atoms with Gasteiger partial charge >= 0.3 is 0 Å². The first-order chi connectivity index (χ1) is 12.3. The molecular formula is C19H19N3O3. The number of methoxy groups -OCH3 is 1. The van der Waals surface area contributed by atoms with Gasteiger partial charge in [0.1, 0.15) is 0 Å². The molecule has 25 heavy (non-hydrogen) atoms. The van der Waals surface area contributed by atoms with E-state index < -0.39 is 0 Å². The molecule has 6 nitrogen and oxygen atoms in total.